The molecule has 0 aliphatic heterocycles. The molecule has 1 aromatic carbocycles. The Labute approximate surface area is 141 Å². The Morgan fingerprint density at radius 3 is 2.39 bits per heavy atom. The molecule has 0 saturated heterocycles. The van der Waals surface area contributed by atoms with E-state index >= 15 is 0 Å². The molecule has 1 aromatic heterocycles. The summed E-state index contributed by atoms with van der Waals surface area (Å²) in [5.41, 5.74) is 7.80. The lowest BCUT2D eigenvalue weighted by Crippen LogP contribution is -2.19. The largest absolute Gasteiger partial charge is 0.366 e. The maximum Gasteiger partial charge on any atom is 0.251 e. The van der Waals surface area contributed by atoms with Crippen LogP contribution in [0.2, 0.25) is 5.15 Å². The molecule has 1 amide bonds. The van der Waals surface area contributed by atoms with Crippen LogP contribution >= 0.6 is 11.6 Å². The van der Waals surface area contributed by atoms with Crippen LogP contribution in [0.25, 0.3) is 0 Å². The molecule has 0 spiro atoms. The summed E-state index contributed by atoms with van der Waals surface area (Å²) in [6.07, 6.45) is 6.25. The SMILES string of the molecule is NC(=O)c1ccc(C(c2ccccc2)C2CCCCC2)nc1Cl. The van der Waals surface area contributed by atoms with Crippen LogP contribution in [0.15, 0.2) is 42.5 Å². The summed E-state index contributed by atoms with van der Waals surface area (Å²) in [4.78, 5) is 15.9. The first-order valence-corrected chi connectivity index (χ1v) is 8.56. The van der Waals surface area contributed by atoms with Gasteiger partial charge in [-0.15, -0.1) is 0 Å². The second-order valence-corrected chi connectivity index (χ2v) is 6.58. The average Bonchev–Trinajstić information content (AvgIpc) is 2.57. The van der Waals surface area contributed by atoms with Crippen LogP contribution in [-0.2, 0) is 0 Å². The first kappa shape index (κ1) is 16.0. The van der Waals surface area contributed by atoms with Gasteiger partial charge in [-0.25, -0.2) is 4.98 Å². The van der Waals surface area contributed by atoms with Gasteiger partial charge in [0.25, 0.3) is 5.91 Å². The molecule has 3 rings (SSSR count). The van der Waals surface area contributed by atoms with Gasteiger partial charge in [-0.3, -0.25) is 4.79 Å². The normalized spacial score (nSPS) is 16.9. The van der Waals surface area contributed by atoms with Gasteiger partial charge in [-0.1, -0.05) is 61.2 Å². The van der Waals surface area contributed by atoms with Crippen molar-refractivity contribution >= 4 is 17.5 Å². The summed E-state index contributed by atoms with van der Waals surface area (Å²) in [5.74, 6) is 0.244. The van der Waals surface area contributed by atoms with Gasteiger partial charge in [0, 0.05) is 11.6 Å². The maximum atomic E-state index is 11.4. The molecule has 1 heterocycles. The number of amides is 1. The van der Waals surface area contributed by atoms with Gasteiger partial charge < -0.3 is 5.73 Å². The molecule has 1 unspecified atom stereocenters. The lowest BCUT2D eigenvalue weighted by molar-refractivity contribution is 0.1000. The number of nitrogens with zero attached hydrogens (tertiary/aromatic N) is 1. The number of benzene rings is 1. The molecule has 0 radical (unpaired) electrons. The fourth-order valence-electron chi connectivity index (χ4n) is 3.62. The Bertz CT molecular complexity index is 681. The van der Waals surface area contributed by atoms with Crippen molar-refractivity contribution in [2.24, 2.45) is 11.7 Å². The van der Waals surface area contributed by atoms with Crippen molar-refractivity contribution in [1.82, 2.24) is 4.98 Å². The van der Waals surface area contributed by atoms with Crippen molar-refractivity contribution in [1.29, 1.82) is 0 Å². The van der Waals surface area contributed by atoms with Crippen LogP contribution in [0.4, 0.5) is 0 Å². The van der Waals surface area contributed by atoms with Crippen LogP contribution in [0.1, 0.15) is 59.6 Å². The lowest BCUT2D eigenvalue weighted by atomic mass is 9.75. The standard InChI is InChI=1S/C19H21ClN2O/c20-18-15(19(21)23)11-12-16(22-18)17(13-7-3-1-4-8-13)14-9-5-2-6-10-14/h1,3-4,7-8,11-12,14,17H,2,5-6,9-10H2,(H2,21,23). The second-order valence-electron chi connectivity index (χ2n) is 6.23. The summed E-state index contributed by atoms with van der Waals surface area (Å²) in [5, 5.41) is 0.201. The molecular formula is C19H21ClN2O. The van der Waals surface area contributed by atoms with Gasteiger partial charge in [0.2, 0.25) is 0 Å². The predicted molar refractivity (Wildman–Crippen MR) is 92.6 cm³/mol. The van der Waals surface area contributed by atoms with Gasteiger partial charge in [-0.2, -0.15) is 0 Å². The van der Waals surface area contributed by atoms with E-state index in [2.05, 4.69) is 29.2 Å². The van der Waals surface area contributed by atoms with Crippen LogP contribution in [0, 0.1) is 5.92 Å². The van der Waals surface area contributed by atoms with E-state index in [0.29, 0.717) is 5.92 Å². The molecule has 0 bridgehead atoms. The highest BCUT2D eigenvalue weighted by atomic mass is 35.5. The first-order valence-electron chi connectivity index (χ1n) is 8.18. The summed E-state index contributed by atoms with van der Waals surface area (Å²) in [7, 11) is 0. The average molecular weight is 329 g/mol. The van der Waals surface area contributed by atoms with Gasteiger partial charge in [0.1, 0.15) is 5.15 Å². The summed E-state index contributed by atoms with van der Waals surface area (Å²) in [6, 6.07) is 14.0. The molecule has 2 aromatic rings. The number of primary amides is 1. The number of rotatable bonds is 4. The van der Waals surface area contributed by atoms with Gasteiger partial charge >= 0.3 is 0 Å². The fourth-order valence-corrected chi connectivity index (χ4v) is 3.87. The van der Waals surface area contributed by atoms with E-state index in [1.807, 2.05) is 12.1 Å². The minimum absolute atomic E-state index is 0.201. The van der Waals surface area contributed by atoms with Crippen LogP contribution in [0.3, 0.4) is 0 Å². The van der Waals surface area contributed by atoms with Crippen molar-refractivity contribution in [3.63, 3.8) is 0 Å². The van der Waals surface area contributed by atoms with E-state index in [9.17, 15) is 4.79 Å². The lowest BCUT2D eigenvalue weighted by Gasteiger charge is -2.30. The third-order valence-corrected chi connectivity index (χ3v) is 5.02. The minimum atomic E-state index is -0.539. The molecule has 4 heteroatoms. The van der Waals surface area contributed by atoms with Crippen LogP contribution in [0.5, 0.6) is 0 Å². The number of carbonyl (C=O) groups excluding carboxylic acids is 1. The Kier molecular flexibility index (Phi) is 4.97. The highest BCUT2D eigenvalue weighted by Crippen LogP contribution is 2.40. The molecule has 1 saturated carbocycles. The number of pyridine rings is 1. The van der Waals surface area contributed by atoms with E-state index < -0.39 is 5.91 Å². The molecule has 23 heavy (non-hydrogen) atoms. The number of hydrogen-bond donors (Lipinski definition) is 1. The molecule has 2 N–H and O–H groups in total. The molecule has 3 nitrogen and oxygen atoms in total. The molecule has 1 aliphatic carbocycles. The van der Waals surface area contributed by atoms with Crippen LogP contribution < -0.4 is 5.73 Å². The maximum absolute atomic E-state index is 11.4. The molecular weight excluding hydrogens is 308 g/mol. The minimum Gasteiger partial charge on any atom is -0.366 e. The van der Waals surface area contributed by atoms with Gasteiger partial charge in [0.15, 0.2) is 0 Å². The summed E-state index contributed by atoms with van der Waals surface area (Å²) in [6.45, 7) is 0. The fraction of sp³-hybridized carbons (Fsp3) is 0.368. The number of aromatic nitrogens is 1. The number of carbonyl (C=O) groups is 1. The van der Waals surface area contributed by atoms with E-state index in [-0.39, 0.29) is 16.6 Å². The Morgan fingerprint density at radius 2 is 1.78 bits per heavy atom. The smallest absolute Gasteiger partial charge is 0.251 e. The van der Waals surface area contributed by atoms with Crippen LogP contribution in [-0.4, -0.2) is 10.9 Å². The third-order valence-electron chi connectivity index (χ3n) is 4.73. The molecule has 1 atom stereocenters. The predicted octanol–water partition coefficient (Wildman–Crippen LogP) is 4.55. The van der Waals surface area contributed by atoms with E-state index in [1.165, 1.54) is 37.7 Å². The van der Waals surface area contributed by atoms with Gasteiger partial charge in [-0.05, 0) is 36.5 Å². The third kappa shape index (κ3) is 3.56. The summed E-state index contributed by atoms with van der Waals surface area (Å²) >= 11 is 6.18. The Hall–Kier alpha value is -1.87. The zero-order valence-electron chi connectivity index (χ0n) is 13.0. The number of halogens is 1. The van der Waals surface area contributed by atoms with Gasteiger partial charge in [0.05, 0.1) is 5.56 Å². The van der Waals surface area contributed by atoms with Crippen molar-refractivity contribution in [3.05, 3.63) is 64.4 Å². The highest BCUT2D eigenvalue weighted by Gasteiger charge is 2.28. The number of nitrogens with two attached hydrogens (primary N) is 1. The summed E-state index contributed by atoms with van der Waals surface area (Å²) < 4.78 is 0. The topological polar surface area (TPSA) is 56.0 Å². The first-order chi connectivity index (χ1) is 11.2. The van der Waals surface area contributed by atoms with Crippen molar-refractivity contribution in [2.45, 2.75) is 38.0 Å². The van der Waals surface area contributed by atoms with E-state index in [0.717, 1.165) is 5.69 Å². The quantitative estimate of drug-likeness (QED) is 0.837. The van der Waals surface area contributed by atoms with Crippen molar-refractivity contribution in [3.8, 4) is 0 Å². The highest BCUT2D eigenvalue weighted by molar-refractivity contribution is 6.32. The molecule has 1 aliphatic rings. The monoisotopic (exact) mass is 328 g/mol. The van der Waals surface area contributed by atoms with Crippen molar-refractivity contribution in [2.75, 3.05) is 0 Å². The molecule has 120 valence electrons. The van der Waals surface area contributed by atoms with E-state index in [1.54, 1.807) is 6.07 Å². The second kappa shape index (κ2) is 7.14. The molecule has 1 fully saturated rings. The Balaban J connectivity index is 2.01. The van der Waals surface area contributed by atoms with Crippen molar-refractivity contribution < 1.29 is 4.79 Å². The zero-order valence-corrected chi connectivity index (χ0v) is 13.8. The van der Waals surface area contributed by atoms with E-state index in [4.69, 9.17) is 17.3 Å². The zero-order chi connectivity index (χ0) is 16.2. The number of hydrogen-bond acceptors (Lipinski definition) is 2. The Morgan fingerprint density at radius 1 is 1.09 bits per heavy atom.